The van der Waals surface area contributed by atoms with Gasteiger partial charge in [0.1, 0.15) is 11.5 Å². The van der Waals surface area contributed by atoms with Crippen molar-refractivity contribution in [1.29, 1.82) is 0 Å². The third-order valence-electron chi connectivity index (χ3n) is 4.66. The molecule has 1 aliphatic rings. The molecule has 0 spiro atoms. The van der Waals surface area contributed by atoms with E-state index < -0.39 is 5.97 Å². The molecule has 2 aromatic carbocycles. The van der Waals surface area contributed by atoms with E-state index in [4.69, 9.17) is 14.6 Å². The summed E-state index contributed by atoms with van der Waals surface area (Å²) < 4.78 is 10.7. The van der Waals surface area contributed by atoms with Crippen LogP contribution < -0.4 is 9.47 Å². The van der Waals surface area contributed by atoms with Gasteiger partial charge in [0.25, 0.3) is 0 Å². The predicted molar refractivity (Wildman–Crippen MR) is 91.7 cm³/mol. The summed E-state index contributed by atoms with van der Waals surface area (Å²) in [5.41, 5.74) is 2.00. The van der Waals surface area contributed by atoms with Crippen molar-refractivity contribution in [3.63, 3.8) is 0 Å². The van der Waals surface area contributed by atoms with Crippen LogP contribution in [0.4, 0.5) is 0 Å². The first-order chi connectivity index (χ1) is 11.6. The largest absolute Gasteiger partial charge is 0.497 e. The number of methoxy groups -OCH3 is 2. The predicted octanol–water partition coefficient (Wildman–Crippen LogP) is 3.65. The Kier molecular flexibility index (Phi) is 4.30. The lowest BCUT2D eigenvalue weighted by atomic mass is 9.85. The molecule has 0 aromatic heterocycles. The molecule has 1 N–H and O–H groups in total. The molecule has 0 unspecified atom stereocenters. The van der Waals surface area contributed by atoms with Crippen molar-refractivity contribution in [2.24, 2.45) is 5.92 Å². The van der Waals surface area contributed by atoms with Crippen LogP contribution in [0, 0.1) is 5.92 Å². The van der Waals surface area contributed by atoms with Gasteiger partial charge in [0.05, 0.1) is 14.2 Å². The zero-order valence-electron chi connectivity index (χ0n) is 13.7. The Morgan fingerprint density at radius 2 is 1.62 bits per heavy atom. The normalized spacial score (nSPS) is 18.3. The van der Waals surface area contributed by atoms with Crippen LogP contribution in [0.5, 0.6) is 11.5 Å². The van der Waals surface area contributed by atoms with Crippen molar-refractivity contribution in [2.75, 3.05) is 14.2 Å². The van der Waals surface area contributed by atoms with Crippen molar-refractivity contribution < 1.29 is 19.4 Å². The van der Waals surface area contributed by atoms with Gasteiger partial charge < -0.3 is 14.6 Å². The minimum atomic E-state index is -0.924. The minimum Gasteiger partial charge on any atom is -0.497 e. The summed E-state index contributed by atoms with van der Waals surface area (Å²) in [5.74, 6) is 0.796. The third kappa shape index (κ3) is 2.87. The molecule has 0 heterocycles. The topological polar surface area (TPSA) is 55.8 Å². The Morgan fingerprint density at radius 1 is 1.08 bits per heavy atom. The average Bonchev–Trinajstić information content (AvgIpc) is 3.36. The third-order valence-corrected chi connectivity index (χ3v) is 4.66. The zero-order chi connectivity index (χ0) is 17.2. The van der Waals surface area contributed by atoms with E-state index in [1.165, 1.54) is 6.08 Å². The fourth-order valence-electron chi connectivity index (χ4n) is 3.35. The molecular formula is C20H20O4. The summed E-state index contributed by atoms with van der Waals surface area (Å²) in [4.78, 5) is 10.9. The molecular weight excluding hydrogens is 304 g/mol. The first kappa shape index (κ1) is 16.1. The first-order valence-electron chi connectivity index (χ1n) is 7.80. The number of aliphatic carboxylic acids is 1. The van der Waals surface area contributed by atoms with Gasteiger partial charge >= 0.3 is 5.97 Å². The van der Waals surface area contributed by atoms with Gasteiger partial charge in [-0.25, -0.2) is 4.79 Å². The van der Waals surface area contributed by atoms with E-state index in [1.54, 1.807) is 20.3 Å². The van der Waals surface area contributed by atoms with Gasteiger partial charge in [-0.05, 0) is 47.7 Å². The van der Waals surface area contributed by atoms with E-state index in [1.807, 2.05) is 36.4 Å². The second kappa shape index (κ2) is 6.40. The van der Waals surface area contributed by atoms with E-state index in [0.717, 1.165) is 29.0 Å². The summed E-state index contributed by atoms with van der Waals surface area (Å²) in [6.07, 6.45) is 3.87. The Morgan fingerprint density at radius 3 is 2.08 bits per heavy atom. The Hall–Kier alpha value is -2.75. The van der Waals surface area contributed by atoms with Crippen molar-refractivity contribution >= 4 is 5.97 Å². The maximum absolute atomic E-state index is 10.9. The highest BCUT2D eigenvalue weighted by Gasteiger charge is 2.55. The van der Waals surface area contributed by atoms with Crippen molar-refractivity contribution in [3.8, 4) is 11.5 Å². The van der Waals surface area contributed by atoms with Crippen molar-refractivity contribution in [3.05, 3.63) is 71.8 Å². The standard InChI is InChI=1S/C20H20O4/c1-23-17-7-3-5-14(11-17)20(13-16(20)9-10-19(21)22)15-6-4-8-18(12-15)24-2/h3-12,16H,13H2,1-2H3,(H,21,22)/b10-9+/t16-/m0/s1. The molecule has 0 saturated heterocycles. The highest BCUT2D eigenvalue weighted by molar-refractivity contribution is 5.80. The molecule has 0 aliphatic heterocycles. The van der Waals surface area contributed by atoms with Gasteiger partial charge in [0.2, 0.25) is 0 Å². The van der Waals surface area contributed by atoms with Gasteiger partial charge in [0, 0.05) is 11.5 Å². The van der Waals surface area contributed by atoms with E-state index in [9.17, 15) is 4.79 Å². The van der Waals surface area contributed by atoms with Crippen LogP contribution in [-0.4, -0.2) is 25.3 Å². The molecule has 124 valence electrons. The Labute approximate surface area is 141 Å². The summed E-state index contributed by atoms with van der Waals surface area (Å²) in [6, 6.07) is 15.9. The maximum Gasteiger partial charge on any atom is 0.327 e. The van der Waals surface area contributed by atoms with E-state index in [2.05, 4.69) is 12.1 Å². The number of allylic oxidation sites excluding steroid dienone is 1. The molecule has 0 bridgehead atoms. The van der Waals surface area contributed by atoms with E-state index >= 15 is 0 Å². The second-order valence-corrected chi connectivity index (χ2v) is 5.94. The summed E-state index contributed by atoms with van der Waals surface area (Å²) >= 11 is 0. The molecule has 24 heavy (non-hydrogen) atoms. The second-order valence-electron chi connectivity index (χ2n) is 5.94. The number of ether oxygens (including phenoxy) is 2. The molecule has 2 aromatic rings. The van der Waals surface area contributed by atoms with Gasteiger partial charge in [-0.15, -0.1) is 0 Å². The van der Waals surface area contributed by atoms with Crippen LogP contribution in [0.2, 0.25) is 0 Å². The molecule has 0 radical (unpaired) electrons. The van der Waals surface area contributed by atoms with Crippen molar-refractivity contribution in [1.82, 2.24) is 0 Å². The number of carbonyl (C=O) groups is 1. The maximum atomic E-state index is 10.9. The van der Waals surface area contributed by atoms with Crippen LogP contribution in [0.25, 0.3) is 0 Å². The molecule has 4 nitrogen and oxygen atoms in total. The summed E-state index contributed by atoms with van der Waals surface area (Å²) in [7, 11) is 3.29. The zero-order valence-corrected chi connectivity index (χ0v) is 13.7. The molecule has 1 atom stereocenters. The number of hydrogen-bond donors (Lipinski definition) is 1. The van der Waals surface area contributed by atoms with Crippen LogP contribution in [0.15, 0.2) is 60.7 Å². The smallest absolute Gasteiger partial charge is 0.327 e. The number of hydrogen-bond acceptors (Lipinski definition) is 3. The molecule has 4 heteroatoms. The van der Waals surface area contributed by atoms with Gasteiger partial charge in [0.15, 0.2) is 0 Å². The van der Waals surface area contributed by atoms with Crippen molar-refractivity contribution in [2.45, 2.75) is 11.8 Å². The lowest BCUT2D eigenvalue weighted by molar-refractivity contribution is -0.131. The molecule has 1 aliphatic carbocycles. The van der Waals surface area contributed by atoms with Gasteiger partial charge in [-0.1, -0.05) is 30.3 Å². The summed E-state index contributed by atoms with van der Waals surface area (Å²) in [5, 5.41) is 8.94. The minimum absolute atomic E-state index is 0.132. The average molecular weight is 324 g/mol. The Bertz CT molecular complexity index is 731. The number of carboxylic acid groups (broad SMARTS) is 1. The molecule has 3 rings (SSSR count). The molecule has 1 fully saturated rings. The first-order valence-corrected chi connectivity index (χ1v) is 7.80. The number of carboxylic acids is 1. The number of rotatable bonds is 6. The monoisotopic (exact) mass is 324 g/mol. The fraction of sp³-hybridized carbons (Fsp3) is 0.250. The van der Waals surface area contributed by atoms with Crippen LogP contribution >= 0.6 is 0 Å². The highest BCUT2D eigenvalue weighted by Crippen LogP contribution is 2.60. The summed E-state index contributed by atoms with van der Waals surface area (Å²) in [6.45, 7) is 0. The van der Waals surface area contributed by atoms with Crippen LogP contribution in [0.3, 0.4) is 0 Å². The lowest BCUT2D eigenvalue weighted by Gasteiger charge is -2.19. The van der Waals surface area contributed by atoms with E-state index in [0.29, 0.717) is 0 Å². The van der Waals surface area contributed by atoms with Crippen LogP contribution in [-0.2, 0) is 10.2 Å². The van der Waals surface area contributed by atoms with E-state index in [-0.39, 0.29) is 11.3 Å². The van der Waals surface area contributed by atoms with Gasteiger partial charge in [-0.2, -0.15) is 0 Å². The fourth-order valence-corrected chi connectivity index (χ4v) is 3.35. The highest BCUT2D eigenvalue weighted by atomic mass is 16.5. The van der Waals surface area contributed by atoms with Crippen LogP contribution in [0.1, 0.15) is 17.5 Å². The quantitative estimate of drug-likeness (QED) is 0.824. The Balaban J connectivity index is 2.07. The molecule has 1 saturated carbocycles. The molecule has 0 amide bonds. The SMILES string of the molecule is COc1cccc(C2(c3cccc(OC)c3)C[C@@H]2/C=C/C(=O)O)c1. The van der Waals surface area contributed by atoms with Gasteiger partial charge in [-0.3, -0.25) is 0 Å². The lowest BCUT2D eigenvalue weighted by Crippen LogP contribution is -2.12. The number of benzene rings is 2.